The molecule has 5 rings (SSSR count). The average molecular weight is 499 g/mol. The first kappa shape index (κ1) is 24.6. The third-order valence-corrected chi connectivity index (χ3v) is 7.21. The molecule has 2 aliphatic rings. The summed E-state index contributed by atoms with van der Waals surface area (Å²) in [6.45, 7) is 11.5. The van der Waals surface area contributed by atoms with Crippen molar-refractivity contribution in [2.24, 2.45) is 5.41 Å². The Morgan fingerprint density at radius 3 is 2.72 bits per heavy atom. The van der Waals surface area contributed by atoms with Crippen LogP contribution in [0.15, 0.2) is 24.5 Å². The van der Waals surface area contributed by atoms with E-state index in [1.165, 1.54) is 0 Å². The van der Waals surface area contributed by atoms with Crippen LogP contribution in [0, 0.1) is 5.41 Å². The van der Waals surface area contributed by atoms with Gasteiger partial charge in [-0.3, -0.25) is 4.68 Å². The SMILES string of the molecule is CCC(C)n1nc(N2CCOCC2)c2cnc(Nc3ccnc(N4CC(F)C(O)C(C)(C)C4)n3)cc21. The van der Waals surface area contributed by atoms with Crippen LogP contribution in [0.2, 0.25) is 0 Å². The van der Waals surface area contributed by atoms with Crippen LogP contribution in [-0.4, -0.2) is 81.5 Å². The van der Waals surface area contributed by atoms with Gasteiger partial charge >= 0.3 is 0 Å². The van der Waals surface area contributed by atoms with E-state index in [1.54, 1.807) is 17.2 Å². The minimum absolute atomic E-state index is 0.0522. The van der Waals surface area contributed by atoms with Gasteiger partial charge in [-0.2, -0.15) is 10.1 Å². The van der Waals surface area contributed by atoms with Crippen molar-refractivity contribution in [1.29, 1.82) is 0 Å². The largest absolute Gasteiger partial charge is 0.389 e. The van der Waals surface area contributed by atoms with Crippen LogP contribution >= 0.6 is 0 Å². The molecule has 2 saturated heterocycles. The smallest absolute Gasteiger partial charge is 0.227 e. The van der Waals surface area contributed by atoms with E-state index in [4.69, 9.17) is 9.84 Å². The van der Waals surface area contributed by atoms with Gasteiger partial charge in [0.1, 0.15) is 17.8 Å². The van der Waals surface area contributed by atoms with Gasteiger partial charge in [0.25, 0.3) is 0 Å². The van der Waals surface area contributed by atoms with Gasteiger partial charge in [0.15, 0.2) is 5.82 Å². The van der Waals surface area contributed by atoms with Gasteiger partial charge in [0.05, 0.1) is 36.8 Å². The van der Waals surface area contributed by atoms with Gasteiger partial charge in [-0.15, -0.1) is 0 Å². The average Bonchev–Trinajstić information content (AvgIpc) is 3.26. The summed E-state index contributed by atoms with van der Waals surface area (Å²) in [4.78, 5) is 17.7. The van der Waals surface area contributed by atoms with Crippen molar-refractivity contribution >= 4 is 34.3 Å². The fourth-order valence-electron chi connectivity index (χ4n) is 4.91. The first-order valence-electron chi connectivity index (χ1n) is 12.6. The molecular formula is C25H35FN8O2. The maximum Gasteiger partial charge on any atom is 0.227 e. The highest BCUT2D eigenvalue weighted by Gasteiger charge is 2.42. The number of fused-ring (bicyclic) bond motifs is 1. The lowest BCUT2D eigenvalue weighted by Crippen LogP contribution is -2.55. The molecule has 0 aliphatic carbocycles. The van der Waals surface area contributed by atoms with Gasteiger partial charge in [0, 0.05) is 49.6 Å². The Balaban J connectivity index is 1.43. The van der Waals surface area contributed by atoms with E-state index in [-0.39, 0.29) is 12.6 Å². The lowest BCUT2D eigenvalue weighted by molar-refractivity contribution is -0.0257. The number of piperidine rings is 1. The Kier molecular flexibility index (Phi) is 6.69. The number of morpholine rings is 1. The number of hydrogen-bond acceptors (Lipinski definition) is 9. The van der Waals surface area contributed by atoms with Gasteiger partial charge < -0.3 is 25.0 Å². The summed E-state index contributed by atoms with van der Waals surface area (Å²) in [5.74, 6) is 2.56. The van der Waals surface area contributed by atoms with Crippen LogP contribution in [-0.2, 0) is 4.74 Å². The Morgan fingerprint density at radius 2 is 2.00 bits per heavy atom. The van der Waals surface area contributed by atoms with Crippen molar-refractivity contribution < 1.29 is 14.2 Å². The van der Waals surface area contributed by atoms with Crippen LogP contribution < -0.4 is 15.1 Å². The molecule has 11 heteroatoms. The van der Waals surface area contributed by atoms with Crippen LogP contribution in [0.25, 0.3) is 10.9 Å². The number of nitrogens with one attached hydrogen (secondary N) is 1. The summed E-state index contributed by atoms with van der Waals surface area (Å²) in [5, 5.41) is 19.4. The molecule has 0 spiro atoms. The quantitative estimate of drug-likeness (QED) is 0.530. The number of pyridine rings is 1. The summed E-state index contributed by atoms with van der Waals surface area (Å²) >= 11 is 0. The first-order chi connectivity index (χ1) is 17.3. The molecule has 5 heterocycles. The van der Waals surface area contributed by atoms with Gasteiger partial charge in [-0.25, -0.2) is 14.4 Å². The second kappa shape index (κ2) is 9.78. The number of nitrogens with zero attached hydrogens (tertiary/aromatic N) is 7. The Morgan fingerprint density at radius 1 is 1.22 bits per heavy atom. The molecule has 0 radical (unpaired) electrons. The second-order valence-electron chi connectivity index (χ2n) is 10.4. The molecule has 0 aromatic carbocycles. The normalized spacial score (nSPS) is 23.2. The summed E-state index contributed by atoms with van der Waals surface area (Å²) in [5.41, 5.74) is 0.397. The minimum atomic E-state index is -1.36. The fourth-order valence-corrected chi connectivity index (χ4v) is 4.91. The van der Waals surface area contributed by atoms with Crippen molar-refractivity contribution in [3.63, 3.8) is 0 Å². The van der Waals surface area contributed by atoms with Gasteiger partial charge in [0.2, 0.25) is 5.95 Å². The lowest BCUT2D eigenvalue weighted by Gasteiger charge is -2.43. The summed E-state index contributed by atoms with van der Waals surface area (Å²) in [7, 11) is 0. The van der Waals surface area contributed by atoms with E-state index in [9.17, 15) is 9.50 Å². The molecule has 3 aromatic rings. The molecule has 0 bridgehead atoms. The number of hydrogen-bond donors (Lipinski definition) is 2. The number of alkyl halides is 1. The minimum Gasteiger partial charge on any atom is -0.389 e. The van der Waals surface area contributed by atoms with E-state index in [1.807, 2.05) is 26.1 Å². The van der Waals surface area contributed by atoms with Crippen molar-refractivity contribution in [2.45, 2.75) is 52.4 Å². The van der Waals surface area contributed by atoms with E-state index in [2.05, 4.69) is 43.7 Å². The Hall–Kier alpha value is -3.05. The molecule has 3 unspecified atom stereocenters. The van der Waals surface area contributed by atoms with Crippen LogP contribution in [0.3, 0.4) is 0 Å². The highest BCUT2D eigenvalue weighted by atomic mass is 19.1. The van der Waals surface area contributed by atoms with Crippen LogP contribution in [0.1, 0.15) is 40.2 Å². The maximum absolute atomic E-state index is 14.5. The van der Waals surface area contributed by atoms with Gasteiger partial charge in [-0.1, -0.05) is 20.8 Å². The van der Waals surface area contributed by atoms with Crippen molar-refractivity contribution in [3.05, 3.63) is 24.5 Å². The molecule has 2 fully saturated rings. The van der Waals surface area contributed by atoms with Crippen LogP contribution in [0.5, 0.6) is 0 Å². The second-order valence-corrected chi connectivity index (χ2v) is 10.4. The van der Waals surface area contributed by atoms with E-state index in [0.717, 1.165) is 36.2 Å². The van der Waals surface area contributed by atoms with E-state index in [0.29, 0.717) is 37.3 Å². The monoisotopic (exact) mass is 498 g/mol. The Labute approximate surface area is 210 Å². The number of anilines is 4. The number of aliphatic hydroxyl groups excluding tert-OH is 1. The highest BCUT2D eigenvalue weighted by molar-refractivity contribution is 5.92. The predicted octanol–water partition coefficient (Wildman–Crippen LogP) is 3.32. The number of aromatic nitrogens is 5. The number of ether oxygens (including phenoxy) is 1. The highest BCUT2D eigenvalue weighted by Crippen LogP contribution is 2.34. The summed E-state index contributed by atoms with van der Waals surface area (Å²) in [6.07, 6.45) is 2.09. The molecule has 3 atom stereocenters. The van der Waals surface area contributed by atoms with Crippen molar-refractivity contribution in [2.75, 3.05) is 54.5 Å². The number of rotatable bonds is 6. The van der Waals surface area contributed by atoms with E-state index >= 15 is 0 Å². The number of aliphatic hydroxyl groups is 1. The van der Waals surface area contributed by atoms with Crippen molar-refractivity contribution in [3.8, 4) is 0 Å². The topological polar surface area (TPSA) is 104 Å². The maximum atomic E-state index is 14.5. The fraction of sp³-hybridized carbons (Fsp3) is 0.600. The third kappa shape index (κ3) is 4.69. The van der Waals surface area contributed by atoms with E-state index < -0.39 is 17.7 Å². The standard InChI is InChI=1S/C25H35FN8O2/c1-5-16(2)34-19-12-21(28-13-17(19)23(31-34)32-8-10-36-11-9-32)29-20-6-7-27-24(30-20)33-14-18(26)22(35)25(3,4)15-33/h6-7,12-13,16,18,22,35H,5,8-11,14-15H2,1-4H3,(H,27,28,29,30). The molecule has 10 nitrogen and oxygen atoms in total. The summed E-state index contributed by atoms with van der Waals surface area (Å²) in [6, 6.07) is 3.99. The Bertz CT molecular complexity index is 1210. The molecule has 0 saturated carbocycles. The number of halogens is 1. The summed E-state index contributed by atoms with van der Waals surface area (Å²) < 4.78 is 22.1. The molecule has 194 valence electrons. The molecule has 36 heavy (non-hydrogen) atoms. The zero-order valence-electron chi connectivity index (χ0n) is 21.4. The first-order valence-corrected chi connectivity index (χ1v) is 12.6. The molecule has 0 amide bonds. The lowest BCUT2D eigenvalue weighted by atomic mass is 9.80. The predicted molar refractivity (Wildman–Crippen MR) is 138 cm³/mol. The zero-order valence-corrected chi connectivity index (χ0v) is 21.4. The molecule has 2 N–H and O–H groups in total. The van der Waals surface area contributed by atoms with Crippen molar-refractivity contribution in [1.82, 2.24) is 24.7 Å². The van der Waals surface area contributed by atoms with Crippen LogP contribution in [0.4, 0.5) is 27.8 Å². The molecule has 3 aromatic heterocycles. The van der Waals surface area contributed by atoms with Gasteiger partial charge in [-0.05, 0) is 19.4 Å². The molecule has 2 aliphatic heterocycles. The third-order valence-electron chi connectivity index (χ3n) is 7.21. The zero-order chi connectivity index (χ0) is 25.4. The molecular weight excluding hydrogens is 463 g/mol.